The predicted octanol–water partition coefficient (Wildman–Crippen LogP) is 3.35. The van der Waals surface area contributed by atoms with Crippen LogP contribution in [-0.2, 0) is 11.3 Å². The summed E-state index contributed by atoms with van der Waals surface area (Å²) in [6.07, 6.45) is 9.08. The van der Waals surface area contributed by atoms with Gasteiger partial charge in [0.1, 0.15) is 6.33 Å². The van der Waals surface area contributed by atoms with Gasteiger partial charge in [-0.3, -0.25) is 10.1 Å². The molecule has 7 heteroatoms. The molecule has 0 bridgehead atoms. The standard InChI is InChI=1S/C17H20N4O3/c22-21(23)14-5-3-13(4-6-14)16-18-12-20(19-16)11-15-7-10-17(24-15)8-1-2-9-17/h3-6,12,15H,1-2,7-11H2/t15-/m1/s1. The van der Waals surface area contributed by atoms with Crippen molar-refractivity contribution < 1.29 is 9.66 Å². The molecular formula is C17H20N4O3. The molecule has 2 aliphatic rings. The highest BCUT2D eigenvalue weighted by Gasteiger charge is 2.42. The number of ether oxygens (including phenoxy) is 1. The second-order valence-corrected chi connectivity index (χ2v) is 6.76. The maximum absolute atomic E-state index is 10.7. The molecule has 1 aliphatic carbocycles. The molecule has 126 valence electrons. The molecule has 1 spiro atoms. The lowest BCUT2D eigenvalue weighted by Gasteiger charge is -2.23. The molecule has 1 aromatic carbocycles. The number of rotatable bonds is 4. The Hall–Kier alpha value is -2.28. The summed E-state index contributed by atoms with van der Waals surface area (Å²) in [6.45, 7) is 0.710. The third kappa shape index (κ3) is 2.91. The van der Waals surface area contributed by atoms with E-state index in [1.54, 1.807) is 18.5 Å². The fourth-order valence-corrected chi connectivity index (χ4v) is 3.87. The van der Waals surface area contributed by atoms with Crippen LogP contribution in [0.3, 0.4) is 0 Å². The van der Waals surface area contributed by atoms with E-state index in [0.29, 0.717) is 12.4 Å². The number of nitrogens with zero attached hydrogens (tertiary/aromatic N) is 4. The normalized spacial score (nSPS) is 22.2. The summed E-state index contributed by atoms with van der Waals surface area (Å²) in [4.78, 5) is 14.6. The van der Waals surface area contributed by atoms with E-state index in [9.17, 15) is 10.1 Å². The largest absolute Gasteiger partial charge is 0.370 e. The first-order chi connectivity index (χ1) is 11.6. The fraction of sp³-hybridized carbons (Fsp3) is 0.529. The summed E-state index contributed by atoms with van der Waals surface area (Å²) in [6, 6.07) is 6.30. The fourth-order valence-electron chi connectivity index (χ4n) is 3.87. The van der Waals surface area contributed by atoms with Crippen molar-refractivity contribution in [3.05, 3.63) is 40.7 Å². The van der Waals surface area contributed by atoms with Crippen molar-refractivity contribution in [3.8, 4) is 11.4 Å². The van der Waals surface area contributed by atoms with Gasteiger partial charge in [-0.25, -0.2) is 9.67 Å². The Bertz CT molecular complexity index is 735. The summed E-state index contributed by atoms with van der Waals surface area (Å²) >= 11 is 0. The van der Waals surface area contributed by atoms with E-state index in [0.717, 1.165) is 18.4 Å². The van der Waals surface area contributed by atoms with Crippen molar-refractivity contribution in [2.24, 2.45) is 0 Å². The minimum Gasteiger partial charge on any atom is -0.370 e. The zero-order valence-corrected chi connectivity index (χ0v) is 13.4. The lowest BCUT2D eigenvalue weighted by molar-refractivity contribution is -0.384. The third-order valence-electron chi connectivity index (χ3n) is 5.12. The molecule has 7 nitrogen and oxygen atoms in total. The van der Waals surface area contributed by atoms with Gasteiger partial charge in [0.15, 0.2) is 5.82 Å². The van der Waals surface area contributed by atoms with Crippen LogP contribution in [-0.4, -0.2) is 31.4 Å². The van der Waals surface area contributed by atoms with Crippen molar-refractivity contribution in [1.29, 1.82) is 0 Å². The molecule has 1 aromatic heterocycles. The quantitative estimate of drug-likeness (QED) is 0.635. The molecule has 1 saturated carbocycles. The number of nitro benzene ring substituents is 1. The summed E-state index contributed by atoms with van der Waals surface area (Å²) < 4.78 is 8.12. The maximum Gasteiger partial charge on any atom is 0.269 e. The smallest absolute Gasteiger partial charge is 0.269 e. The molecule has 2 aromatic rings. The topological polar surface area (TPSA) is 83.1 Å². The Balaban J connectivity index is 1.42. The number of non-ortho nitro benzene ring substituents is 1. The number of nitro groups is 1. The third-order valence-corrected chi connectivity index (χ3v) is 5.12. The van der Waals surface area contributed by atoms with E-state index >= 15 is 0 Å². The minimum atomic E-state index is -0.411. The van der Waals surface area contributed by atoms with Crippen molar-refractivity contribution in [3.63, 3.8) is 0 Å². The van der Waals surface area contributed by atoms with Crippen LogP contribution < -0.4 is 0 Å². The van der Waals surface area contributed by atoms with Gasteiger partial charge in [-0.2, -0.15) is 5.10 Å². The highest BCUT2D eigenvalue weighted by molar-refractivity contribution is 5.56. The molecule has 24 heavy (non-hydrogen) atoms. The van der Waals surface area contributed by atoms with Crippen LogP contribution in [0.5, 0.6) is 0 Å². The second-order valence-electron chi connectivity index (χ2n) is 6.76. The van der Waals surface area contributed by atoms with Crippen molar-refractivity contribution >= 4 is 5.69 Å². The second kappa shape index (κ2) is 5.98. The summed E-state index contributed by atoms with van der Waals surface area (Å²) in [7, 11) is 0. The van der Waals surface area contributed by atoms with E-state index in [1.807, 2.05) is 4.68 Å². The Kier molecular flexibility index (Phi) is 3.80. The SMILES string of the molecule is O=[N+]([O-])c1ccc(-c2ncn(C[C@H]3CCC4(CCCC4)O3)n2)cc1. The van der Waals surface area contributed by atoms with E-state index in [-0.39, 0.29) is 17.4 Å². The zero-order valence-electron chi connectivity index (χ0n) is 13.4. The van der Waals surface area contributed by atoms with Crippen LogP contribution in [0.25, 0.3) is 11.4 Å². The number of hydrogen-bond acceptors (Lipinski definition) is 5. The van der Waals surface area contributed by atoms with Crippen LogP contribution >= 0.6 is 0 Å². The molecule has 0 N–H and O–H groups in total. The first kappa shape index (κ1) is 15.3. The first-order valence-corrected chi connectivity index (χ1v) is 8.46. The molecule has 0 radical (unpaired) electrons. The average molecular weight is 328 g/mol. The van der Waals surface area contributed by atoms with Crippen molar-refractivity contribution in [2.75, 3.05) is 0 Å². The molecule has 0 unspecified atom stereocenters. The number of hydrogen-bond donors (Lipinski definition) is 0. The summed E-state index contributed by atoms with van der Waals surface area (Å²) in [5.41, 5.74) is 0.977. The summed E-state index contributed by atoms with van der Waals surface area (Å²) in [5, 5.41) is 15.2. The van der Waals surface area contributed by atoms with Crippen molar-refractivity contribution in [1.82, 2.24) is 14.8 Å². The number of aromatic nitrogens is 3. The van der Waals surface area contributed by atoms with Crippen LogP contribution in [0.15, 0.2) is 30.6 Å². The minimum absolute atomic E-state index is 0.0689. The van der Waals surface area contributed by atoms with Crippen molar-refractivity contribution in [2.45, 2.75) is 56.8 Å². The van der Waals surface area contributed by atoms with Crippen LogP contribution in [0.1, 0.15) is 38.5 Å². The van der Waals surface area contributed by atoms with E-state index in [4.69, 9.17) is 4.74 Å². The van der Waals surface area contributed by atoms with Gasteiger partial charge in [0.25, 0.3) is 5.69 Å². The molecule has 2 fully saturated rings. The Morgan fingerprint density at radius 3 is 2.71 bits per heavy atom. The van der Waals surface area contributed by atoms with Crippen LogP contribution in [0, 0.1) is 10.1 Å². The monoisotopic (exact) mass is 328 g/mol. The van der Waals surface area contributed by atoms with Crippen LogP contribution in [0.2, 0.25) is 0 Å². The average Bonchev–Trinajstić information content (AvgIpc) is 3.31. The van der Waals surface area contributed by atoms with Gasteiger partial charge in [0.2, 0.25) is 0 Å². The zero-order chi connectivity index (χ0) is 16.6. The Labute approximate surface area is 139 Å². The lowest BCUT2D eigenvalue weighted by atomic mass is 9.98. The number of benzene rings is 1. The van der Waals surface area contributed by atoms with Gasteiger partial charge < -0.3 is 4.74 Å². The van der Waals surface area contributed by atoms with E-state index in [1.165, 1.54) is 37.8 Å². The highest BCUT2D eigenvalue weighted by Crippen LogP contribution is 2.43. The summed E-state index contributed by atoms with van der Waals surface area (Å²) in [5.74, 6) is 0.582. The molecule has 2 heterocycles. The van der Waals surface area contributed by atoms with Gasteiger partial charge >= 0.3 is 0 Å². The van der Waals surface area contributed by atoms with E-state index in [2.05, 4.69) is 10.1 Å². The predicted molar refractivity (Wildman–Crippen MR) is 87.4 cm³/mol. The lowest BCUT2D eigenvalue weighted by Crippen LogP contribution is -2.26. The van der Waals surface area contributed by atoms with Gasteiger partial charge in [-0.1, -0.05) is 12.8 Å². The van der Waals surface area contributed by atoms with Gasteiger partial charge in [0, 0.05) is 17.7 Å². The highest BCUT2D eigenvalue weighted by atomic mass is 16.6. The molecule has 1 atom stereocenters. The maximum atomic E-state index is 10.7. The molecule has 1 aliphatic heterocycles. The van der Waals surface area contributed by atoms with Gasteiger partial charge in [-0.15, -0.1) is 0 Å². The van der Waals surface area contributed by atoms with Gasteiger partial charge in [0.05, 0.1) is 23.2 Å². The Morgan fingerprint density at radius 2 is 2.00 bits per heavy atom. The molecular weight excluding hydrogens is 308 g/mol. The molecule has 4 rings (SSSR count). The first-order valence-electron chi connectivity index (χ1n) is 8.46. The van der Waals surface area contributed by atoms with Crippen LogP contribution in [0.4, 0.5) is 5.69 Å². The Morgan fingerprint density at radius 1 is 1.25 bits per heavy atom. The van der Waals surface area contributed by atoms with Gasteiger partial charge in [-0.05, 0) is 37.8 Å². The van der Waals surface area contributed by atoms with E-state index < -0.39 is 4.92 Å². The molecule has 1 saturated heterocycles. The molecule has 0 amide bonds.